The molecule has 0 spiro atoms. The Balaban J connectivity index is 1.15. The third-order valence-corrected chi connectivity index (χ3v) is 14.2. The summed E-state index contributed by atoms with van der Waals surface area (Å²) in [5, 5.41) is 17.4. The number of aromatic nitrogens is 3. The Kier molecular flexibility index (Phi) is 6.76. The first-order chi connectivity index (χ1) is 28.8. The molecule has 3 aromatic heterocycles. The molecule has 0 unspecified atom stereocenters. The minimum Gasteiger partial charge on any atom is -0.208 e. The maximum absolute atomic E-state index is 5.51. The molecule has 0 aliphatic rings. The van der Waals surface area contributed by atoms with Crippen LogP contribution in [0.1, 0.15) is 0 Å². The second-order valence-electron chi connectivity index (χ2n) is 15.0. The topological polar surface area (TPSA) is 38.7 Å². The van der Waals surface area contributed by atoms with Crippen molar-refractivity contribution in [3.05, 3.63) is 176 Å². The average Bonchev–Trinajstić information content (AvgIpc) is 3.87. The minimum atomic E-state index is 0.660. The summed E-state index contributed by atoms with van der Waals surface area (Å²) >= 11 is 3.69. The lowest BCUT2D eigenvalue weighted by Crippen LogP contribution is -2.01. The van der Waals surface area contributed by atoms with Gasteiger partial charge in [0.15, 0.2) is 17.5 Å². The van der Waals surface area contributed by atoms with Gasteiger partial charge in [0.1, 0.15) is 0 Å². The van der Waals surface area contributed by atoms with Crippen molar-refractivity contribution in [2.24, 2.45) is 0 Å². The van der Waals surface area contributed by atoms with Crippen molar-refractivity contribution in [2.45, 2.75) is 0 Å². The van der Waals surface area contributed by atoms with Crippen LogP contribution in [0.15, 0.2) is 176 Å². The Morgan fingerprint density at radius 3 is 1.69 bits per heavy atom. The molecular weight excluding hydrogens is 743 g/mol. The number of hydrogen-bond donors (Lipinski definition) is 0. The summed E-state index contributed by atoms with van der Waals surface area (Å²) in [7, 11) is 0. The number of fused-ring (bicyclic) bond motifs is 16. The highest BCUT2D eigenvalue weighted by atomic mass is 32.1. The first kappa shape index (κ1) is 32.1. The summed E-state index contributed by atoms with van der Waals surface area (Å²) in [4.78, 5) is 16.2. The average molecular weight is 772 g/mol. The normalized spacial score (nSPS) is 12.1. The molecule has 0 saturated carbocycles. The highest BCUT2D eigenvalue weighted by molar-refractivity contribution is 7.27. The number of hydrogen-bond acceptors (Lipinski definition) is 5. The Labute approximate surface area is 340 Å². The zero-order valence-electron chi connectivity index (χ0n) is 30.9. The van der Waals surface area contributed by atoms with Gasteiger partial charge in [-0.05, 0) is 66.7 Å². The zero-order chi connectivity index (χ0) is 37.9. The predicted octanol–water partition coefficient (Wildman–Crippen LogP) is 15.4. The van der Waals surface area contributed by atoms with Gasteiger partial charge in [-0.2, -0.15) is 0 Å². The van der Waals surface area contributed by atoms with Crippen LogP contribution in [0, 0.1) is 0 Å². The Hall–Kier alpha value is -7.05. The molecular formula is C53H29N3S2. The highest BCUT2D eigenvalue weighted by Crippen LogP contribution is 2.49. The van der Waals surface area contributed by atoms with Crippen LogP contribution in [0.4, 0.5) is 0 Å². The van der Waals surface area contributed by atoms with Crippen molar-refractivity contribution in [2.75, 3.05) is 0 Å². The molecule has 13 rings (SSSR count). The number of benzene rings is 10. The van der Waals surface area contributed by atoms with Gasteiger partial charge in [0.2, 0.25) is 0 Å². The van der Waals surface area contributed by atoms with Gasteiger partial charge in [0, 0.05) is 62.4 Å². The van der Waals surface area contributed by atoms with E-state index in [4.69, 9.17) is 15.0 Å². The van der Waals surface area contributed by atoms with Gasteiger partial charge in [-0.1, -0.05) is 158 Å². The molecule has 0 radical (unpaired) electrons. The van der Waals surface area contributed by atoms with Crippen LogP contribution in [-0.4, -0.2) is 15.0 Å². The molecule has 0 fully saturated rings. The smallest absolute Gasteiger partial charge is 0.165 e. The lowest BCUT2D eigenvalue weighted by molar-refractivity contribution is 1.08. The maximum Gasteiger partial charge on any atom is 0.165 e. The maximum atomic E-state index is 5.51. The van der Waals surface area contributed by atoms with E-state index in [1.807, 2.05) is 28.7 Å². The molecule has 0 amide bonds. The molecule has 0 aliphatic heterocycles. The zero-order valence-corrected chi connectivity index (χ0v) is 32.5. The second kappa shape index (κ2) is 12.2. The monoisotopic (exact) mass is 771 g/mol. The fourth-order valence-electron chi connectivity index (χ4n) is 9.35. The molecule has 0 aliphatic carbocycles. The summed E-state index contributed by atoms with van der Waals surface area (Å²) in [6, 6.07) is 63.4. The second-order valence-corrected chi connectivity index (χ2v) is 17.1. The van der Waals surface area contributed by atoms with Crippen molar-refractivity contribution in [1.82, 2.24) is 15.0 Å². The van der Waals surface area contributed by atoms with E-state index in [2.05, 4.69) is 170 Å². The first-order valence-corrected chi connectivity index (χ1v) is 21.2. The fraction of sp³-hybridized carbons (Fsp3) is 0. The summed E-state index contributed by atoms with van der Waals surface area (Å²) in [5.41, 5.74) is 3.01. The van der Waals surface area contributed by atoms with Crippen LogP contribution in [0.3, 0.4) is 0 Å². The Bertz CT molecular complexity index is 3830. The van der Waals surface area contributed by atoms with Crippen molar-refractivity contribution in [1.29, 1.82) is 0 Å². The molecule has 0 N–H and O–H groups in total. The van der Waals surface area contributed by atoms with Gasteiger partial charge in [-0.15, -0.1) is 22.7 Å². The van der Waals surface area contributed by atoms with Gasteiger partial charge in [0.05, 0.1) is 0 Å². The molecule has 58 heavy (non-hydrogen) atoms. The molecule has 5 heteroatoms. The first-order valence-electron chi connectivity index (χ1n) is 19.5. The largest absolute Gasteiger partial charge is 0.208 e. The van der Waals surface area contributed by atoms with Crippen LogP contribution < -0.4 is 0 Å². The van der Waals surface area contributed by atoms with Gasteiger partial charge >= 0.3 is 0 Å². The molecule has 13 aromatic rings. The van der Waals surface area contributed by atoms with Crippen molar-refractivity contribution in [3.63, 3.8) is 0 Å². The van der Waals surface area contributed by atoms with Crippen LogP contribution in [0.5, 0.6) is 0 Å². The van der Waals surface area contributed by atoms with Crippen LogP contribution in [-0.2, 0) is 0 Å². The van der Waals surface area contributed by atoms with E-state index in [9.17, 15) is 0 Å². The highest BCUT2D eigenvalue weighted by Gasteiger charge is 2.23. The van der Waals surface area contributed by atoms with E-state index < -0.39 is 0 Å². The van der Waals surface area contributed by atoms with E-state index in [0.717, 1.165) is 27.5 Å². The summed E-state index contributed by atoms with van der Waals surface area (Å²) in [6.45, 7) is 0. The van der Waals surface area contributed by atoms with Gasteiger partial charge in [0.25, 0.3) is 0 Å². The quantitative estimate of drug-likeness (QED) is 0.168. The minimum absolute atomic E-state index is 0.660. The number of nitrogens with zero attached hydrogens (tertiary/aromatic N) is 3. The molecule has 268 valence electrons. The van der Waals surface area contributed by atoms with E-state index in [1.54, 1.807) is 0 Å². The molecule has 0 saturated heterocycles. The molecule has 3 nitrogen and oxygen atoms in total. The van der Waals surface area contributed by atoms with Crippen molar-refractivity contribution >= 4 is 117 Å². The van der Waals surface area contributed by atoms with E-state index in [0.29, 0.717) is 17.5 Å². The molecule has 0 atom stereocenters. The lowest BCUT2D eigenvalue weighted by atomic mass is 9.92. The molecule has 10 aromatic carbocycles. The predicted molar refractivity (Wildman–Crippen MR) is 249 cm³/mol. The summed E-state index contributed by atoms with van der Waals surface area (Å²) in [6.07, 6.45) is 0. The number of thiophene rings is 2. The lowest BCUT2D eigenvalue weighted by Gasteiger charge is -2.13. The standard InChI is InChI=1S/C53H29N3S2/c1-2-14-31(15-3-1)51-54-52(42-24-12-23-40-45-33-17-6-4-13-30(33)25-28-43(45)57-49(40)42)56-53(55-51)48-34-18-7-5-16-32(34)29-44-47(48)41-27-26-39-37-21-9-8-19-35(37)36-20-10-11-22-38(36)46(39)50(41)58-44/h1-29H. The third kappa shape index (κ3) is 4.57. The van der Waals surface area contributed by atoms with Gasteiger partial charge in [-0.3, -0.25) is 0 Å². The Morgan fingerprint density at radius 1 is 0.310 bits per heavy atom. The van der Waals surface area contributed by atoms with Crippen LogP contribution in [0.2, 0.25) is 0 Å². The van der Waals surface area contributed by atoms with Crippen molar-refractivity contribution < 1.29 is 0 Å². The summed E-state index contributed by atoms with van der Waals surface area (Å²) < 4.78 is 4.94. The molecule has 0 bridgehead atoms. The SMILES string of the molecule is c1ccc(-c2nc(-c3cccc4c3sc3ccc5ccccc5c34)nc(-c3c4ccccc4cc4sc5c(ccc6c7ccccc7c7ccccc7c65)c34)n2)cc1. The number of rotatable bonds is 3. The molecule has 3 heterocycles. The fourth-order valence-corrected chi connectivity index (χ4v) is 11.9. The van der Waals surface area contributed by atoms with E-state index in [1.165, 1.54) is 83.4 Å². The van der Waals surface area contributed by atoms with Crippen LogP contribution in [0.25, 0.3) is 128 Å². The van der Waals surface area contributed by atoms with Gasteiger partial charge in [-0.25, -0.2) is 15.0 Å². The van der Waals surface area contributed by atoms with E-state index >= 15 is 0 Å². The van der Waals surface area contributed by atoms with Crippen molar-refractivity contribution in [3.8, 4) is 34.2 Å². The van der Waals surface area contributed by atoms with Gasteiger partial charge < -0.3 is 0 Å². The van der Waals surface area contributed by atoms with Crippen LogP contribution >= 0.6 is 22.7 Å². The summed E-state index contributed by atoms with van der Waals surface area (Å²) in [5.74, 6) is 2.01. The Morgan fingerprint density at radius 2 is 0.879 bits per heavy atom. The third-order valence-electron chi connectivity index (χ3n) is 11.9. The van der Waals surface area contributed by atoms with E-state index in [-0.39, 0.29) is 0 Å².